The standard InChI is InChI=1S/C17H21N5O2/c1-12-7-8-14(16(18)23)10-22(12)17(24)15-11-21(20-19-15)9-13-5-3-2-4-6-13/h2-6,11-12,14H,7-10H2,1H3,(H2,18,23). The van der Waals surface area contributed by atoms with Crippen LogP contribution in [0.15, 0.2) is 36.5 Å². The van der Waals surface area contributed by atoms with Crippen LogP contribution in [-0.2, 0) is 11.3 Å². The lowest BCUT2D eigenvalue weighted by atomic mass is 9.92. The first-order valence-electron chi connectivity index (χ1n) is 8.09. The molecule has 2 N–H and O–H groups in total. The zero-order valence-corrected chi connectivity index (χ0v) is 13.6. The van der Waals surface area contributed by atoms with Gasteiger partial charge in [0.25, 0.3) is 5.91 Å². The van der Waals surface area contributed by atoms with E-state index in [0.717, 1.165) is 18.4 Å². The van der Waals surface area contributed by atoms with Crippen LogP contribution < -0.4 is 5.73 Å². The van der Waals surface area contributed by atoms with E-state index in [9.17, 15) is 9.59 Å². The Kier molecular flexibility index (Phi) is 4.59. The van der Waals surface area contributed by atoms with Crippen LogP contribution in [0, 0.1) is 5.92 Å². The van der Waals surface area contributed by atoms with Crippen molar-refractivity contribution in [2.75, 3.05) is 6.54 Å². The molecule has 2 unspecified atom stereocenters. The van der Waals surface area contributed by atoms with E-state index in [-0.39, 0.29) is 23.8 Å². The number of nitrogens with two attached hydrogens (primary N) is 1. The van der Waals surface area contributed by atoms with Gasteiger partial charge in [-0.1, -0.05) is 35.5 Å². The molecule has 1 fully saturated rings. The number of hydrogen-bond acceptors (Lipinski definition) is 4. The topological polar surface area (TPSA) is 94.1 Å². The first-order valence-corrected chi connectivity index (χ1v) is 8.09. The summed E-state index contributed by atoms with van der Waals surface area (Å²) >= 11 is 0. The largest absolute Gasteiger partial charge is 0.369 e. The third-order valence-corrected chi connectivity index (χ3v) is 4.49. The summed E-state index contributed by atoms with van der Waals surface area (Å²) in [4.78, 5) is 25.8. The Morgan fingerprint density at radius 3 is 2.71 bits per heavy atom. The van der Waals surface area contributed by atoms with Crippen LogP contribution in [-0.4, -0.2) is 44.3 Å². The molecular formula is C17H21N5O2. The van der Waals surface area contributed by atoms with Crippen LogP contribution in [0.25, 0.3) is 0 Å². The molecule has 1 aromatic heterocycles. The summed E-state index contributed by atoms with van der Waals surface area (Å²) in [6.45, 7) is 2.88. The van der Waals surface area contributed by atoms with Gasteiger partial charge in [-0.2, -0.15) is 0 Å². The van der Waals surface area contributed by atoms with Gasteiger partial charge in [0.2, 0.25) is 5.91 Å². The van der Waals surface area contributed by atoms with E-state index in [2.05, 4.69) is 10.3 Å². The Morgan fingerprint density at radius 1 is 1.25 bits per heavy atom. The highest BCUT2D eigenvalue weighted by atomic mass is 16.2. The van der Waals surface area contributed by atoms with Crippen molar-refractivity contribution in [2.24, 2.45) is 11.7 Å². The number of hydrogen-bond donors (Lipinski definition) is 1. The number of amides is 2. The van der Waals surface area contributed by atoms with Crippen LogP contribution in [0.2, 0.25) is 0 Å². The van der Waals surface area contributed by atoms with E-state index in [1.807, 2.05) is 37.3 Å². The van der Waals surface area contributed by atoms with Gasteiger partial charge >= 0.3 is 0 Å². The van der Waals surface area contributed by atoms with Gasteiger partial charge in [0.1, 0.15) is 0 Å². The summed E-state index contributed by atoms with van der Waals surface area (Å²) in [5.41, 5.74) is 6.77. The fraction of sp³-hybridized carbons (Fsp3) is 0.412. The molecule has 2 heterocycles. The second kappa shape index (κ2) is 6.82. The van der Waals surface area contributed by atoms with Crippen molar-refractivity contribution in [3.05, 3.63) is 47.8 Å². The van der Waals surface area contributed by atoms with Crippen molar-refractivity contribution in [2.45, 2.75) is 32.4 Å². The molecule has 2 amide bonds. The van der Waals surface area contributed by atoms with E-state index in [4.69, 9.17) is 5.73 Å². The molecule has 2 atom stereocenters. The molecule has 1 aliphatic rings. The molecule has 7 nitrogen and oxygen atoms in total. The quantitative estimate of drug-likeness (QED) is 0.908. The monoisotopic (exact) mass is 327 g/mol. The Morgan fingerprint density at radius 2 is 2.00 bits per heavy atom. The highest BCUT2D eigenvalue weighted by molar-refractivity contribution is 5.92. The lowest BCUT2D eigenvalue weighted by Crippen LogP contribution is -2.48. The van der Waals surface area contributed by atoms with Gasteiger partial charge in [0.15, 0.2) is 5.69 Å². The maximum Gasteiger partial charge on any atom is 0.276 e. The second-order valence-electron chi connectivity index (χ2n) is 6.27. The lowest BCUT2D eigenvalue weighted by molar-refractivity contribution is -0.123. The smallest absolute Gasteiger partial charge is 0.276 e. The number of rotatable bonds is 4. The minimum absolute atomic E-state index is 0.0624. The lowest BCUT2D eigenvalue weighted by Gasteiger charge is -2.36. The molecule has 3 rings (SSSR count). The van der Waals surface area contributed by atoms with Crippen LogP contribution in [0.1, 0.15) is 35.8 Å². The zero-order chi connectivity index (χ0) is 17.1. The highest BCUT2D eigenvalue weighted by Gasteiger charge is 2.33. The van der Waals surface area contributed by atoms with Crippen LogP contribution in [0.4, 0.5) is 0 Å². The Bertz CT molecular complexity index is 728. The number of aromatic nitrogens is 3. The van der Waals surface area contributed by atoms with Gasteiger partial charge in [-0.25, -0.2) is 4.68 Å². The molecule has 0 saturated carbocycles. The van der Waals surface area contributed by atoms with Gasteiger partial charge in [0.05, 0.1) is 18.7 Å². The van der Waals surface area contributed by atoms with Crippen LogP contribution in [0.3, 0.4) is 0 Å². The van der Waals surface area contributed by atoms with Gasteiger partial charge in [-0.15, -0.1) is 5.10 Å². The summed E-state index contributed by atoms with van der Waals surface area (Å²) in [6, 6.07) is 9.91. The molecule has 0 aliphatic carbocycles. The number of carbonyl (C=O) groups excluding carboxylic acids is 2. The molecular weight excluding hydrogens is 306 g/mol. The number of carbonyl (C=O) groups is 2. The average molecular weight is 327 g/mol. The molecule has 0 radical (unpaired) electrons. The minimum Gasteiger partial charge on any atom is -0.369 e. The van der Waals surface area contributed by atoms with Gasteiger partial charge in [-0.05, 0) is 25.3 Å². The van der Waals surface area contributed by atoms with Crippen molar-refractivity contribution >= 4 is 11.8 Å². The maximum absolute atomic E-state index is 12.7. The first-order chi connectivity index (χ1) is 11.5. The highest BCUT2D eigenvalue weighted by Crippen LogP contribution is 2.23. The van der Waals surface area contributed by atoms with E-state index < -0.39 is 0 Å². The van der Waals surface area contributed by atoms with E-state index in [1.165, 1.54) is 0 Å². The predicted octanol–water partition coefficient (Wildman–Crippen LogP) is 1.05. The van der Waals surface area contributed by atoms with Crippen molar-refractivity contribution < 1.29 is 9.59 Å². The maximum atomic E-state index is 12.7. The summed E-state index contributed by atoms with van der Waals surface area (Å²) in [6.07, 6.45) is 3.13. The minimum atomic E-state index is -0.354. The zero-order valence-electron chi connectivity index (χ0n) is 13.6. The van der Waals surface area contributed by atoms with Gasteiger partial charge in [-0.3, -0.25) is 9.59 Å². The number of likely N-dealkylation sites (tertiary alicyclic amines) is 1. The Labute approximate surface area is 140 Å². The number of nitrogens with zero attached hydrogens (tertiary/aromatic N) is 4. The normalized spacial score (nSPS) is 20.8. The molecule has 1 aromatic carbocycles. The molecule has 2 aromatic rings. The first kappa shape index (κ1) is 16.2. The summed E-state index contributed by atoms with van der Waals surface area (Å²) in [7, 11) is 0. The number of primary amides is 1. The van der Waals surface area contributed by atoms with Crippen molar-refractivity contribution in [1.29, 1.82) is 0 Å². The molecule has 1 aliphatic heterocycles. The third kappa shape index (κ3) is 3.45. The van der Waals surface area contributed by atoms with Gasteiger partial charge in [0, 0.05) is 12.6 Å². The number of benzene rings is 1. The summed E-state index contributed by atoms with van der Waals surface area (Å²) in [5.74, 6) is -0.843. The summed E-state index contributed by atoms with van der Waals surface area (Å²) in [5, 5.41) is 8.03. The second-order valence-corrected chi connectivity index (χ2v) is 6.27. The van der Waals surface area contributed by atoms with Crippen molar-refractivity contribution in [3.63, 3.8) is 0 Å². The molecule has 126 valence electrons. The number of piperidine rings is 1. The van der Waals surface area contributed by atoms with Gasteiger partial charge < -0.3 is 10.6 Å². The van der Waals surface area contributed by atoms with E-state index in [1.54, 1.807) is 15.8 Å². The molecule has 1 saturated heterocycles. The van der Waals surface area contributed by atoms with E-state index >= 15 is 0 Å². The third-order valence-electron chi connectivity index (χ3n) is 4.49. The van der Waals surface area contributed by atoms with E-state index in [0.29, 0.717) is 18.8 Å². The summed E-state index contributed by atoms with van der Waals surface area (Å²) < 4.78 is 1.64. The van der Waals surface area contributed by atoms with Crippen LogP contribution in [0.5, 0.6) is 0 Å². The fourth-order valence-electron chi connectivity index (χ4n) is 3.01. The predicted molar refractivity (Wildman–Crippen MR) is 88.0 cm³/mol. The average Bonchev–Trinajstić information content (AvgIpc) is 3.04. The Balaban J connectivity index is 1.72. The van der Waals surface area contributed by atoms with Crippen LogP contribution >= 0.6 is 0 Å². The molecule has 24 heavy (non-hydrogen) atoms. The fourth-order valence-corrected chi connectivity index (χ4v) is 3.01. The SMILES string of the molecule is CC1CCC(C(N)=O)CN1C(=O)c1cn(Cc2ccccc2)nn1. The molecule has 0 bridgehead atoms. The molecule has 0 spiro atoms. The molecule has 7 heteroatoms. The van der Waals surface area contributed by atoms with Crippen molar-refractivity contribution in [3.8, 4) is 0 Å². The van der Waals surface area contributed by atoms with Crippen molar-refractivity contribution in [1.82, 2.24) is 19.9 Å². The Hall–Kier alpha value is -2.70.